The third kappa shape index (κ3) is 4.46. The standard InChI is InChI=1S/C18H22N2OS/c1-4-13(2)14-5-7-15(8-6-14)19-18(22)20-16-9-11-17(21-3)12-10-16/h5-13H,4H2,1-3H3,(H2,19,20,22)/t13-/m1/s1. The van der Waals surface area contributed by atoms with Crippen LogP contribution in [0.25, 0.3) is 0 Å². The van der Waals surface area contributed by atoms with Gasteiger partial charge in [-0.15, -0.1) is 0 Å². The first-order valence-electron chi connectivity index (χ1n) is 7.44. The predicted octanol–water partition coefficient (Wildman–Crippen LogP) is 5.02. The maximum Gasteiger partial charge on any atom is 0.175 e. The maximum absolute atomic E-state index is 5.33. The summed E-state index contributed by atoms with van der Waals surface area (Å²) in [6.07, 6.45) is 1.14. The molecule has 0 aromatic heterocycles. The smallest absolute Gasteiger partial charge is 0.175 e. The van der Waals surface area contributed by atoms with Gasteiger partial charge in [-0.1, -0.05) is 26.0 Å². The Morgan fingerprint density at radius 1 is 1.00 bits per heavy atom. The van der Waals surface area contributed by atoms with Crippen molar-refractivity contribution in [1.29, 1.82) is 0 Å². The number of thiocarbonyl (C=S) groups is 1. The zero-order valence-corrected chi connectivity index (χ0v) is 14.0. The number of anilines is 2. The number of hydrogen-bond donors (Lipinski definition) is 2. The highest BCUT2D eigenvalue weighted by Crippen LogP contribution is 2.21. The Morgan fingerprint density at radius 2 is 1.50 bits per heavy atom. The van der Waals surface area contributed by atoms with Gasteiger partial charge in [0.25, 0.3) is 0 Å². The number of hydrogen-bond acceptors (Lipinski definition) is 2. The van der Waals surface area contributed by atoms with Crippen LogP contribution in [0.2, 0.25) is 0 Å². The van der Waals surface area contributed by atoms with E-state index in [1.165, 1.54) is 5.56 Å². The van der Waals surface area contributed by atoms with Gasteiger partial charge >= 0.3 is 0 Å². The van der Waals surface area contributed by atoms with Crippen molar-refractivity contribution in [3.05, 3.63) is 54.1 Å². The third-order valence-electron chi connectivity index (χ3n) is 3.70. The second-order valence-corrected chi connectivity index (χ2v) is 5.65. The zero-order valence-electron chi connectivity index (χ0n) is 13.2. The molecule has 0 aliphatic rings. The molecule has 0 saturated carbocycles. The molecular formula is C18H22N2OS. The Labute approximate surface area is 137 Å². The Kier molecular flexibility index (Phi) is 5.78. The number of rotatable bonds is 5. The van der Waals surface area contributed by atoms with Gasteiger partial charge in [-0.2, -0.15) is 0 Å². The first-order valence-corrected chi connectivity index (χ1v) is 7.85. The summed E-state index contributed by atoms with van der Waals surface area (Å²) in [6.45, 7) is 4.43. The molecule has 0 unspecified atom stereocenters. The van der Waals surface area contributed by atoms with Crippen LogP contribution in [-0.4, -0.2) is 12.2 Å². The summed E-state index contributed by atoms with van der Waals surface area (Å²) in [5.74, 6) is 1.41. The molecule has 3 nitrogen and oxygen atoms in total. The average molecular weight is 314 g/mol. The fourth-order valence-corrected chi connectivity index (χ4v) is 2.33. The highest BCUT2D eigenvalue weighted by atomic mass is 32.1. The molecule has 0 spiro atoms. The van der Waals surface area contributed by atoms with E-state index in [2.05, 4.69) is 48.7 Å². The molecule has 0 aliphatic heterocycles. The van der Waals surface area contributed by atoms with Crippen molar-refractivity contribution in [2.45, 2.75) is 26.2 Å². The molecule has 0 bridgehead atoms. The van der Waals surface area contributed by atoms with Crippen LogP contribution in [0, 0.1) is 0 Å². The van der Waals surface area contributed by atoms with Crippen molar-refractivity contribution >= 4 is 28.7 Å². The predicted molar refractivity (Wildman–Crippen MR) is 98.0 cm³/mol. The summed E-state index contributed by atoms with van der Waals surface area (Å²) < 4.78 is 5.13. The van der Waals surface area contributed by atoms with E-state index < -0.39 is 0 Å². The Morgan fingerprint density at radius 3 is 1.95 bits per heavy atom. The molecule has 0 heterocycles. The van der Waals surface area contributed by atoms with E-state index in [-0.39, 0.29) is 0 Å². The minimum absolute atomic E-state index is 0.571. The Balaban J connectivity index is 1.93. The van der Waals surface area contributed by atoms with Crippen molar-refractivity contribution in [3.8, 4) is 5.75 Å². The number of benzene rings is 2. The number of nitrogens with one attached hydrogen (secondary N) is 2. The van der Waals surface area contributed by atoms with Crippen LogP contribution in [0.15, 0.2) is 48.5 Å². The molecule has 0 aliphatic carbocycles. The van der Waals surface area contributed by atoms with E-state index in [0.29, 0.717) is 11.0 Å². The second kappa shape index (κ2) is 7.80. The molecule has 1 atom stereocenters. The summed E-state index contributed by atoms with van der Waals surface area (Å²) in [5, 5.41) is 6.92. The van der Waals surface area contributed by atoms with Crippen LogP contribution < -0.4 is 15.4 Å². The van der Waals surface area contributed by atoms with Crippen molar-refractivity contribution < 1.29 is 4.74 Å². The summed E-state index contributed by atoms with van der Waals surface area (Å²) in [6, 6.07) is 16.1. The minimum atomic E-state index is 0.571. The van der Waals surface area contributed by atoms with Gasteiger partial charge in [0, 0.05) is 11.4 Å². The van der Waals surface area contributed by atoms with E-state index in [1.54, 1.807) is 7.11 Å². The van der Waals surface area contributed by atoms with Crippen molar-refractivity contribution in [3.63, 3.8) is 0 Å². The summed E-state index contributed by atoms with van der Waals surface area (Å²) in [5.41, 5.74) is 3.26. The molecule has 2 rings (SSSR count). The SMILES string of the molecule is CC[C@@H](C)c1ccc(NC(=S)Nc2ccc(OC)cc2)cc1. The topological polar surface area (TPSA) is 33.3 Å². The van der Waals surface area contributed by atoms with Crippen LogP contribution in [-0.2, 0) is 0 Å². The first kappa shape index (κ1) is 16.3. The van der Waals surface area contributed by atoms with Gasteiger partial charge < -0.3 is 15.4 Å². The molecule has 0 saturated heterocycles. The van der Waals surface area contributed by atoms with Crippen LogP contribution in [0.1, 0.15) is 31.7 Å². The molecule has 116 valence electrons. The fourth-order valence-electron chi connectivity index (χ4n) is 2.10. The second-order valence-electron chi connectivity index (χ2n) is 5.24. The van der Waals surface area contributed by atoms with Gasteiger partial charge in [0.15, 0.2) is 5.11 Å². The summed E-state index contributed by atoms with van der Waals surface area (Å²) >= 11 is 5.33. The molecule has 4 heteroatoms. The molecule has 2 N–H and O–H groups in total. The van der Waals surface area contributed by atoms with Crippen LogP contribution in [0.5, 0.6) is 5.75 Å². The molecule has 0 radical (unpaired) electrons. The van der Waals surface area contributed by atoms with E-state index >= 15 is 0 Å². The largest absolute Gasteiger partial charge is 0.497 e. The van der Waals surface area contributed by atoms with E-state index in [9.17, 15) is 0 Å². The van der Waals surface area contributed by atoms with Crippen molar-refractivity contribution in [1.82, 2.24) is 0 Å². The van der Waals surface area contributed by atoms with Gasteiger partial charge in [0.2, 0.25) is 0 Å². The van der Waals surface area contributed by atoms with Gasteiger partial charge in [0.05, 0.1) is 7.11 Å². The maximum atomic E-state index is 5.33. The minimum Gasteiger partial charge on any atom is -0.497 e. The molecule has 0 amide bonds. The molecule has 2 aromatic rings. The number of ether oxygens (including phenoxy) is 1. The van der Waals surface area contributed by atoms with Crippen LogP contribution in [0.4, 0.5) is 11.4 Å². The highest BCUT2D eigenvalue weighted by molar-refractivity contribution is 7.80. The monoisotopic (exact) mass is 314 g/mol. The Hall–Kier alpha value is -2.07. The Bertz CT molecular complexity index is 608. The average Bonchev–Trinajstić information content (AvgIpc) is 2.55. The van der Waals surface area contributed by atoms with Crippen LogP contribution >= 0.6 is 12.2 Å². The van der Waals surface area contributed by atoms with Crippen molar-refractivity contribution in [2.24, 2.45) is 0 Å². The normalized spacial score (nSPS) is 11.6. The van der Waals surface area contributed by atoms with Gasteiger partial charge in [-0.3, -0.25) is 0 Å². The van der Waals surface area contributed by atoms with E-state index in [1.807, 2.05) is 24.3 Å². The van der Waals surface area contributed by atoms with Gasteiger partial charge in [-0.25, -0.2) is 0 Å². The summed E-state index contributed by atoms with van der Waals surface area (Å²) in [7, 11) is 1.65. The molecule has 2 aromatic carbocycles. The lowest BCUT2D eigenvalue weighted by Gasteiger charge is -2.13. The van der Waals surface area contributed by atoms with E-state index in [4.69, 9.17) is 17.0 Å². The molecular weight excluding hydrogens is 292 g/mol. The lowest BCUT2D eigenvalue weighted by atomic mass is 9.99. The lowest BCUT2D eigenvalue weighted by molar-refractivity contribution is 0.415. The molecule has 22 heavy (non-hydrogen) atoms. The summed E-state index contributed by atoms with van der Waals surface area (Å²) in [4.78, 5) is 0. The zero-order chi connectivity index (χ0) is 15.9. The number of methoxy groups -OCH3 is 1. The van der Waals surface area contributed by atoms with Crippen molar-refractivity contribution in [2.75, 3.05) is 17.7 Å². The highest BCUT2D eigenvalue weighted by Gasteiger charge is 2.03. The first-order chi connectivity index (χ1) is 10.6. The van der Waals surface area contributed by atoms with E-state index in [0.717, 1.165) is 23.5 Å². The lowest BCUT2D eigenvalue weighted by Crippen LogP contribution is -2.18. The fraction of sp³-hybridized carbons (Fsp3) is 0.278. The van der Waals surface area contributed by atoms with Crippen LogP contribution in [0.3, 0.4) is 0 Å². The van der Waals surface area contributed by atoms with Gasteiger partial charge in [-0.05, 0) is 66.5 Å². The third-order valence-corrected chi connectivity index (χ3v) is 3.90. The van der Waals surface area contributed by atoms with Gasteiger partial charge in [0.1, 0.15) is 5.75 Å². The quantitative estimate of drug-likeness (QED) is 0.759. The molecule has 0 fully saturated rings.